The van der Waals surface area contributed by atoms with Crippen LogP contribution in [0, 0.1) is 22.7 Å². The average Bonchev–Trinajstić information content (AvgIpc) is 2.26. The molecule has 0 radical (unpaired) electrons. The lowest BCUT2D eigenvalue weighted by molar-refractivity contribution is -0.112. The Morgan fingerprint density at radius 3 is 2.63 bits per heavy atom. The summed E-state index contributed by atoms with van der Waals surface area (Å²) in [5, 5.41) is 0. The third-order valence-electron chi connectivity index (χ3n) is 5.70. The zero-order valence-corrected chi connectivity index (χ0v) is 13.0. The standard InChI is InChI=1S/C18H28O/c1-13-7-10-16-17(3,4)11-6-12-18(16,5)15(13)9-8-14(2)19/h8-9,15-16H,1,6-7,10-12H2,2-5H3/b9-8+/t15-,16?,18+/m0/s1. The van der Waals surface area contributed by atoms with E-state index in [0.29, 0.717) is 16.7 Å². The summed E-state index contributed by atoms with van der Waals surface area (Å²) in [5.74, 6) is 1.28. The summed E-state index contributed by atoms with van der Waals surface area (Å²) < 4.78 is 0. The summed E-state index contributed by atoms with van der Waals surface area (Å²) in [6.07, 6.45) is 10.2. The second kappa shape index (κ2) is 4.92. The van der Waals surface area contributed by atoms with Gasteiger partial charge in [-0.3, -0.25) is 4.79 Å². The second-order valence-electron chi connectivity index (χ2n) is 7.54. The number of fused-ring (bicyclic) bond motifs is 1. The van der Waals surface area contributed by atoms with Gasteiger partial charge in [-0.1, -0.05) is 45.4 Å². The van der Waals surface area contributed by atoms with E-state index in [0.717, 1.165) is 12.3 Å². The molecule has 2 fully saturated rings. The molecule has 2 aliphatic rings. The minimum Gasteiger partial charge on any atom is -0.295 e. The number of allylic oxidation sites excluding steroid dienone is 3. The van der Waals surface area contributed by atoms with E-state index in [1.54, 1.807) is 13.0 Å². The van der Waals surface area contributed by atoms with Gasteiger partial charge in [0, 0.05) is 5.92 Å². The highest BCUT2D eigenvalue weighted by Gasteiger charge is 2.52. The van der Waals surface area contributed by atoms with E-state index in [-0.39, 0.29) is 5.78 Å². The Balaban J connectivity index is 2.35. The van der Waals surface area contributed by atoms with Crippen molar-refractivity contribution in [3.63, 3.8) is 0 Å². The Bertz CT molecular complexity index is 415. The zero-order chi connectivity index (χ0) is 14.3. The van der Waals surface area contributed by atoms with Gasteiger partial charge in [0.2, 0.25) is 0 Å². The molecule has 19 heavy (non-hydrogen) atoms. The molecule has 3 atom stereocenters. The summed E-state index contributed by atoms with van der Waals surface area (Å²) in [4.78, 5) is 11.3. The lowest BCUT2D eigenvalue weighted by atomic mass is 9.47. The first-order valence-corrected chi connectivity index (χ1v) is 7.64. The third-order valence-corrected chi connectivity index (χ3v) is 5.70. The highest BCUT2D eigenvalue weighted by Crippen LogP contribution is 2.61. The van der Waals surface area contributed by atoms with E-state index < -0.39 is 0 Å². The van der Waals surface area contributed by atoms with Crippen molar-refractivity contribution in [3.05, 3.63) is 24.3 Å². The molecule has 0 aromatic carbocycles. The van der Waals surface area contributed by atoms with Crippen molar-refractivity contribution in [3.8, 4) is 0 Å². The van der Waals surface area contributed by atoms with Crippen LogP contribution in [0.25, 0.3) is 0 Å². The molecule has 2 aliphatic carbocycles. The van der Waals surface area contributed by atoms with Gasteiger partial charge in [-0.15, -0.1) is 0 Å². The van der Waals surface area contributed by atoms with Crippen LogP contribution in [-0.2, 0) is 4.79 Å². The molecule has 0 heterocycles. The van der Waals surface area contributed by atoms with E-state index >= 15 is 0 Å². The molecule has 2 rings (SSSR count). The molecule has 0 aromatic rings. The average molecular weight is 260 g/mol. The molecule has 0 aromatic heterocycles. The predicted octanol–water partition coefficient (Wildman–Crippen LogP) is 4.93. The fraction of sp³-hybridized carbons (Fsp3) is 0.722. The van der Waals surface area contributed by atoms with Crippen LogP contribution in [0.2, 0.25) is 0 Å². The molecule has 106 valence electrons. The summed E-state index contributed by atoms with van der Waals surface area (Å²) in [5.41, 5.74) is 2.05. The van der Waals surface area contributed by atoms with Gasteiger partial charge in [0.05, 0.1) is 0 Å². The summed E-state index contributed by atoms with van der Waals surface area (Å²) >= 11 is 0. The lowest BCUT2D eigenvalue weighted by Gasteiger charge is -2.57. The van der Waals surface area contributed by atoms with Crippen LogP contribution >= 0.6 is 0 Å². The number of ketones is 1. The Kier molecular flexibility index (Phi) is 3.77. The summed E-state index contributed by atoms with van der Waals surface area (Å²) in [7, 11) is 0. The number of carbonyl (C=O) groups is 1. The first-order chi connectivity index (χ1) is 8.77. The number of carbonyl (C=O) groups excluding carboxylic acids is 1. The number of hydrogen-bond donors (Lipinski definition) is 0. The van der Waals surface area contributed by atoms with E-state index in [2.05, 4.69) is 33.4 Å². The molecule has 1 unspecified atom stereocenters. The topological polar surface area (TPSA) is 17.1 Å². The van der Waals surface area contributed by atoms with Crippen LogP contribution in [0.5, 0.6) is 0 Å². The molecule has 0 amide bonds. The van der Waals surface area contributed by atoms with Crippen molar-refractivity contribution in [2.24, 2.45) is 22.7 Å². The molecular formula is C18H28O. The van der Waals surface area contributed by atoms with Crippen LogP contribution in [0.1, 0.15) is 59.8 Å². The van der Waals surface area contributed by atoms with Gasteiger partial charge in [-0.25, -0.2) is 0 Å². The molecule has 1 nitrogen and oxygen atoms in total. The Labute approximate surface area is 118 Å². The Morgan fingerprint density at radius 1 is 1.32 bits per heavy atom. The second-order valence-corrected chi connectivity index (χ2v) is 7.54. The normalized spacial score (nSPS) is 38.2. The first-order valence-electron chi connectivity index (χ1n) is 7.64. The molecule has 0 spiro atoms. The van der Waals surface area contributed by atoms with Crippen LogP contribution in [0.3, 0.4) is 0 Å². The van der Waals surface area contributed by atoms with Crippen molar-refractivity contribution in [2.45, 2.75) is 59.8 Å². The fourth-order valence-corrected chi connectivity index (χ4v) is 4.80. The van der Waals surface area contributed by atoms with E-state index in [1.807, 2.05) is 0 Å². The highest BCUT2D eigenvalue weighted by atomic mass is 16.1. The van der Waals surface area contributed by atoms with Gasteiger partial charge in [0.15, 0.2) is 5.78 Å². The van der Waals surface area contributed by atoms with Crippen LogP contribution in [0.4, 0.5) is 0 Å². The SMILES string of the molecule is C=C1CCC2C(C)(C)CCC[C@]2(C)[C@H]1/C=C/C(C)=O. The molecule has 0 bridgehead atoms. The quantitative estimate of drug-likeness (QED) is 0.508. The van der Waals surface area contributed by atoms with E-state index in [1.165, 1.54) is 31.3 Å². The molecular weight excluding hydrogens is 232 g/mol. The lowest BCUT2D eigenvalue weighted by Crippen LogP contribution is -2.48. The molecule has 2 saturated carbocycles. The Hall–Kier alpha value is -0.850. The van der Waals surface area contributed by atoms with Gasteiger partial charge < -0.3 is 0 Å². The maximum atomic E-state index is 11.3. The number of rotatable bonds is 2. The largest absolute Gasteiger partial charge is 0.295 e. The zero-order valence-electron chi connectivity index (χ0n) is 13.0. The van der Waals surface area contributed by atoms with Gasteiger partial charge in [-0.05, 0) is 55.4 Å². The smallest absolute Gasteiger partial charge is 0.152 e. The summed E-state index contributed by atoms with van der Waals surface area (Å²) in [6.45, 7) is 13.2. The predicted molar refractivity (Wildman–Crippen MR) is 80.9 cm³/mol. The van der Waals surface area contributed by atoms with Gasteiger partial charge in [0.1, 0.15) is 0 Å². The molecule has 0 aliphatic heterocycles. The van der Waals surface area contributed by atoms with Gasteiger partial charge in [0.25, 0.3) is 0 Å². The van der Waals surface area contributed by atoms with Crippen molar-refractivity contribution in [1.29, 1.82) is 0 Å². The van der Waals surface area contributed by atoms with Crippen molar-refractivity contribution >= 4 is 5.78 Å². The first kappa shape index (κ1) is 14.6. The van der Waals surface area contributed by atoms with Gasteiger partial charge in [-0.2, -0.15) is 0 Å². The Morgan fingerprint density at radius 2 is 2.00 bits per heavy atom. The van der Waals surface area contributed by atoms with Crippen molar-refractivity contribution < 1.29 is 4.79 Å². The monoisotopic (exact) mass is 260 g/mol. The van der Waals surface area contributed by atoms with Gasteiger partial charge >= 0.3 is 0 Å². The summed E-state index contributed by atoms with van der Waals surface area (Å²) in [6, 6.07) is 0. The van der Waals surface area contributed by atoms with Crippen LogP contribution in [-0.4, -0.2) is 5.78 Å². The molecule has 0 saturated heterocycles. The highest BCUT2D eigenvalue weighted by molar-refractivity contribution is 5.87. The maximum Gasteiger partial charge on any atom is 0.152 e. The number of hydrogen-bond acceptors (Lipinski definition) is 1. The minimum atomic E-state index is 0.147. The van der Waals surface area contributed by atoms with Crippen LogP contribution in [0.15, 0.2) is 24.3 Å². The van der Waals surface area contributed by atoms with Crippen molar-refractivity contribution in [2.75, 3.05) is 0 Å². The van der Waals surface area contributed by atoms with E-state index in [9.17, 15) is 4.79 Å². The van der Waals surface area contributed by atoms with E-state index in [4.69, 9.17) is 0 Å². The fourth-order valence-electron chi connectivity index (χ4n) is 4.80. The minimum absolute atomic E-state index is 0.147. The molecule has 1 heteroatoms. The van der Waals surface area contributed by atoms with Crippen molar-refractivity contribution in [1.82, 2.24) is 0 Å². The van der Waals surface area contributed by atoms with Crippen LogP contribution < -0.4 is 0 Å². The maximum absolute atomic E-state index is 11.3. The third kappa shape index (κ3) is 2.57. The molecule has 0 N–H and O–H groups in total.